The van der Waals surface area contributed by atoms with Gasteiger partial charge in [0.05, 0.1) is 0 Å². The van der Waals surface area contributed by atoms with Gasteiger partial charge in [-0.2, -0.15) is 0 Å². The van der Waals surface area contributed by atoms with E-state index in [2.05, 4.69) is 20.8 Å². The molecule has 0 aliphatic heterocycles. The Balaban J connectivity index is 1.67. The SMILES string of the molecule is N/C(=C\N(N)CCCCc1nnc(NC=O)s1)C(=O)NCc1ccccc1. The number of carbonyl (C=O) groups excluding carboxylic acids is 2. The number of nitrogens with one attached hydrogen (secondary N) is 2. The van der Waals surface area contributed by atoms with Gasteiger partial charge in [0.1, 0.15) is 10.7 Å². The fourth-order valence-electron chi connectivity index (χ4n) is 2.22. The molecule has 9 nitrogen and oxygen atoms in total. The molecule has 0 radical (unpaired) electrons. The summed E-state index contributed by atoms with van der Waals surface area (Å²) in [5.41, 5.74) is 6.83. The number of carbonyl (C=O) groups is 2. The molecule has 144 valence electrons. The first-order valence-corrected chi connectivity index (χ1v) is 9.23. The van der Waals surface area contributed by atoms with Crippen LogP contribution in [0, 0.1) is 0 Å². The summed E-state index contributed by atoms with van der Waals surface area (Å²) in [7, 11) is 0. The maximum absolute atomic E-state index is 12.0. The normalized spacial score (nSPS) is 11.1. The van der Waals surface area contributed by atoms with Crippen LogP contribution in [0.3, 0.4) is 0 Å². The third-order valence-electron chi connectivity index (χ3n) is 3.57. The maximum Gasteiger partial charge on any atom is 0.268 e. The van der Waals surface area contributed by atoms with Crippen molar-refractivity contribution >= 4 is 28.8 Å². The van der Waals surface area contributed by atoms with Crippen molar-refractivity contribution in [3.8, 4) is 0 Å². The number of rotatable bonds is 11. The van der Waals surface area contributed by atoms with E-state index >= 15 is 0 Å². The van der Waals surface area contributed by atoms with Gasteiger partial charge >= 0.3 is 0 Å². The first-order chi connectivity index (χ1) is 13.1. The van der Waals surface area contributed by atoms with Crippen LogP contribution in [0.25, 0.3) is 0 Å². The van der Waals surface area contributed by atoms with Crippen LogP contribution < -0.4 is 22.2 Å². The number of benzene rings is 1. The maximum atomic E-state index is 12.0. The lowest BCUT2D eigenvalue weighted by Gasteiger charge is -2.14. The van der Waals surface area contributed by atoms with Crippen LogP contribution in [0.5, 0.6) is 0 Å². The quantitative estimate of drug-likeness (QED) is 0.146. The van der Waals surface area contributed by atoms with E-state index in [0.717, 1.165) is 29.8 Å². The van der Waals surface area contributed by atoms with Crippen molar-refractivity contribution in [3.05, 3.63) is 52.8 Å². The minimum Gasteiger partial charge on any atom is -0.393 e. The lowest BCUT2D eigenvalue weighted by Crippen LogP contribution is -2.33. The first kappa shape index (κ1) is 20.3. The zero-order valence-electron chi connectivity index (χ0n) is 14.8. The Labute approximate surface area is 161 Å². The molecule has 0 atom stereocenters. The van der Waals surface area contributed by atoms with Gasteiger partial charge in [-0.25, -0.2) is 5.84 Å². The highest BCUT2D eigenvalue weighted by Gasteiger charge is 2.07. The van der Waals surface area contributed by atoms with Gasteiger partial charge in [-0.3, -0.25) is 9.59 Å². The van der Waals surface area contributed by atoms with Crippen molar-refractivity contribution in [2.45, 2.75) is 25.8 Å². The van der Waals surface area contributed by atoms with Gasteiger partial charge in [0.25, 0.3) is 5.91 Å². The van der Waals surface area contributed by atoms with Crippen LogP contribution in [-0.4, -0.2) is 34.1 Å². The highest BCUT2D eigenvalue weighted by atomic mass is 32.1. The Morgan fingerprint density at radius 2 is 2.00 bits per heavy atom. The predicted molar refractivity (Wildman–Crippen MR) is 104 cm³/mol. The van der Waals surface area contributed by atoms with E-state index in [1.54, 1.807) is 0 Å². The molecule has 0 fully saturated rings. The van der Waals surface area contributed by atoms with Crippen molar-refractivity contribution in [2.75, 3.05) is 11.9 Å². The number of nitrogens with two attached hydrogens (primary N) is 2. The van der Waals surface area contributed by atoms with Gasteiger partial charge in [0, 0.05) is 25.7 Å². The number of unbranched alkanes of at least 4 members (excludes halogenated alkanes) is 1. The molecule has 0 aliphatic rings. The van der Waals surface area contributed by atoms with Gasteiger partial charge in [0.15, 0.2) is 0 Å². The molecule has 0 saturated carbocycles. The second-order valence-electron chi connectivity index (χ2n) is 5.71. The number of anilines is 1. The molecule has 2 rings (SSSR count). The van der Waals surface area contributed by atoms with Crippen molar-refractivity contribution in [3.63, 3.8) is 0 Å². The van der Waals surface area contributed by atoms with E-state index in [-0.39, 0.29) is 11.6 Å². The number of hydrogen-bond donors (Lipinski definition) is 4. The number of amides is 2. The lowest BCUT2D eigenvalue weighted by molar-refractivity contribution is -0.117. The van der Waals surface area contributed by atoms with E-state index in [1.807, 2.05) is 30.3 Å². The number of nitrogens with zero attached hydrogens (tertiary/aromatic N) is 3. The average Bonchev–Trinajstić information content (AvgIpc) is 3.12. The lowest BCUT2D eigenvalue weighted by atomic mass is 10.2. The molecule has 0 spiro atoms. The largest absolute Gasteiger partial charge is 0.393 e. The fraction of sp³-hybridized carbons (Fsp3) is 0.294. The van der Waals surface area contributed by atoms with E-state index in [9.17, 15) is 9.59 Å². The van der Waals surface area contributed by atoms with Gasteiger partial charge in [-0.1, -0.05) is 41.7 Å². The van der Waals surface area contributed by atoms with Crippen molar-refractivity contribution in [2.24, 2.45) is 11.6 Å². The molecule has 6 N–H and O–H groups in total. The van der Waals surface area contributed by atoms with Crippen LogP contribution in [0.1, 0.15) is 23.4 Å². The van der Waals surface area contributed by atoms with Gasteiger partial charge in [0.2, 0.25) is 11.5 Å². The van der Waals surface area contributed by atoms with Crippen molar-refractivity contribution in [1.82, 2.24) is 20.5 Å². The monoisotopic (exact) mass is 389 g/mol. The number of aromatic nitrogens is 2. The molecular formula is C17H23N7O2S. The summed E-state index contributed by atoms with van der Waals surface area (Å²) in [4.78, 5) is 22.3. The summed E-state index contributed by atoms with van der Waals surface area (Å²) in [6, 6.07) is 9.57. The Kier molecular flexibility index (Phi) is 8.20. The van der Waals surface area contributed by atoms with E-state index in [0.29, 0.717) is 24.6 Å². The molecule has 0 aliphatic carbocycles. The van der Waals surface area contributed by atoms with Crippen LogP contribution in [0.2, 0.25) is 0 Å². The zero-order chi connectivity index (χ0) is 19.5. The third kappa shape index (κ3) is 7.42. The molecule has 0 saturated heterocycles. The second kappa shape index (κ2) is 10.9. The molecule has 2 aromatic rings. The summed E-state index contributed by atoms with van der Waals surface area (Å²) < 4.78 is 0. The number of hydrogen-bond acceptors (Lipinski definition) is 8. The molecule has 10 heteroatoms. The number of hydrazine groups is 1. The topological polar surface area (TPSA) is 139 Å². The minimum atomic E-state index is -0.363. The highest BCUT2D eigenvalue weighted by Crippen LogP contribution is 2.16. The predicted octanol–water partition coefficient (Wildman–Crippen LogP) is 0.721. The Bertz CT molecular complexity index is 764. The van der Waals surface area contributed by atoms with Crippen molar-refractivity contribution in [1.29, 1.82) is 0 Å². The number of aryl methyl sites for hydroxylation is 1. The van der Waals surface area contributed by atoms with E-state index < -0.39 is 0 Å². The average molecular weight is 389 g/mol. The van der Waals surface area contributed by atoms with Crippen LogP contribution in [0.15, 0.2) is 42.2 Å². The summed E-state index contributed by atoms with van der Waals surface area (Å²) >= 11 is 1.34. The first-order valence-electron chi connectivity index (χ1n) is 8.42. The Morgan fingerprint density at radius 3 is 2.74 bits per heavy atom. The molecule has 27 heavy (non-hydrogen) atoms. The Morgan fingerprint density at radius 1 is 1.22 bits per heavy atom. The van der Waals surface area contributed by atoms with Crippen LogP contribution >= 0.6 is 11.3 Å². The second-order valence-corrected chi connectivity index (χ2v) is 6.77. The van der Waals surface area contributed by atoms with Crippen LogP contribution in [-0.2, 0) is 22.6 Å². The van der Waals surface area contributed by atoms with Crippen molar-refractivity contribution < 1.29 is 9.59 Å². The highest BCUT2D eigenvalue weighted by molar-refractivity contribution is 7.15. The third-order valence-corrected chi connectivity index (χ3v) is 4.48. The summed E-state index contributed by atoms with van der Waals surface area (Å²) in [6.45, 7) is 0.951. The molecule has 0 unspecified atom stereocenters. The fourth-order valence-corrected chi connectivity index (χ4v) is 2.96. The zero-order valence-corrected chi connectivity index (χ0v) is 15.6. The standard InChI is InChI=1S/C17H23N7O2S/c18-14(16(26)20-10-13-6-2-1-3-7-13)11-24(19)9-5-4-8-15-22-23-17(27-15)21-12-25/h1-3,6-7,11-12H,4-5,8-10,18-19H2,(H,20,26)(H,21,23,25)/b14-11-. The summed E-state index contributed by atoms with van der Waals surface area (Å²) in [5.74, 6) is 5.50. The van der Waals surface area contributed by atoms with Gasteiger partial charge in [-0.05, 0) is 18.4 Å². The molecule has 2 amide bonds. The Hall–Kier alpha value is -2.98. The smallest absolute Gasteiger partial charge is 0.268 e. The van der Waals surface area contributed by atoms with E-state index in [4.69, 9.17) is 11.6 Å². The molecule has 1 aromatic carbocycles. The summed E-state index contributed by atoms with van der Waals surface area (Å²) in [5, 5.41) is 15.8. The molecule has 1 heterocycles. The van der Waals surface area contributed by atoms with Crippen LogP contribution in [0.4, 0.5) is 5.13 Å². The molecule has 1 aromatic heterocycles. The summed E-state index contributed by atoms with van der Waals surface area (Å²) in [6.07, 6.45) is 4.38. The van der Waals surface area contributed by atoms with Gasteiger partial charge in [-0.15, -0.1) is 10.2 Å². The molecular weight excluding hydrogens is 366 g/mol. The minimum absolute atomic E-state index is 0.0575. The van der Waals surface area contributed by atoms with E-state index in [1.165, 1.54) is 22.5 Å². The molecule has 0 bridgehead atoms. The van der Waals surface area contributed by atoms with Gasteiger partial charge < -0.3 is 21.4 Å².